The number of urea groups is 1. The molecular formula is C20H25N3O4. The van der Waals surface area contributed by atoms with Crippen LogP contribution in [0.2, 0.25) is 0 Å². The Kier molecular flexibility index (Phi) is 4.01. The van der Waals surface area contributed by atoms with Crippen LogP contribution < -0.4 is 5.32 Å². The highest BCUT2D eigenvalue weighted by Gasteiger charge is 2.65. The van der Waals surface area contributed by atoms with Crippen LogP contribution in [0.15, 0.2) is 0 Å². The van der Waals surface area contributed by atoms with Crippen LogP contribution in [0.25, 0.3) is 0 Å². The van der Waals surface area contributed by atoms with E-state index in [9.17, 15) is 19.2 Å². The van der Waals surface area contributed by atoms with E-state index in [2.05, 4.69) is 10.3 Å². The number of aryl methyl sites for hydroxylation is 1. The molecule has 3 fully saturated rings. The van der Waals surface area contributed by atoms with Crippen molar-refractivity contribution in [1.29, 1.82) is 0 Å². The summed E-state index contributed by atoms with van der Waals surface area (Å²) in [4.78, 5) is 54.6. The van der Waals surface area contributed by atoms with Gasteiger partial charge in [-0.1, -0.05) is 6.92 Å². The van der Waals surface area contributed by atoms with Gasteiger partial charge in [0.25, 0.3) is 5.91 Å². The minimum atomic E-state index is -0.791. The molecule has 0 spiro atoms. The number of aromatic amines is 1. The average Bonchev–Trinajstić information content (AvgIpc) is 3.52. The Morgan fingerprint density at radius 1 is 1.15 bits per heavy atom. The third kappa shape index (κ3) is 2.63. The maximum Gasteiger partial charge on any atom is 0.325 e. The number of nitrogens with zero attached hydrogens (tertiary/aromatic N) is 1. The number of Topliss-reactive ketones (excluding diaryl/α,β-unsaturated/α-hetero) is 2. The lowest BCUT2D eigenvalue weighted by atomic mass is 9.87. The molecule has 2 saturated carbocycles. The lowest BCUT2D eigenvalue weighted by Gasteiger charge is -2.26. The zero-order valence-electron chi connectivity index (χ0n) is 16.0. The lowest BCUT2D eigenvalue weighted by Crippen LogP contribution is -2.51. The Morgan fingerprint density at radius 2 is 1.74 bits per heavy atom. The topological polar surface area (TPSA) is 99.3 Å². The van der Waals surface area contributed by atoms with Crippen molar-refractivity contribution in [3.63, 3.8) is 0 Å². The van der Waals surface area contributed by atoms with E-state index in [1.165, 1.54) is 6.92 Å². The molecule has 7 nitrogen and oxygen atoms in total. The Labute approximate surface area is 157 Å². The minimum Gasteiger partial charge on any atom is -0.355 e. The number of carbonyl (C=O) groups is 4. The van der Waals surface area contributed by atoms with Crippen LogP contribution in [0.1, 0.15) is 71.6 Å². The van der Waals surface area contributed by atoms with Crippen molar-refractivity contribution < 1.29 is 19.2 Å². The molecule has 2 N–H and O–H groups in total. The first kappa shape index (κ1) is 17.9. The van der Waals surface area contributed by atoms with E-state index < -0.39 is 11.6 Å². The Hall–Kier alpha value is -2.44. The molecule has 1 aliphatic heterocycles. The monoisotopic (exact) mass is 371 g/mol. The highest BCUT2D eigenvalue weighted by molar-refractivity contribution is 6.12. The number of ketones is 2. The molecule has 1 saturated heterocycles. The molecule has 3 amide bonds. The molecule has 0 bridgehead atoms. The van der Waals surface area contributed by atoms with E-state index in [4.69, 9.17) is 0 Å². The summed E-state index contributed by atoms with van der Waals surface area (Å²) in [5.74, 6) is -0.293. The molecule has 4 rings (SSSR count). The minimum absolute atomic E-state index is 0.101. The van der Waals surface area contributed by atoms with Crippen LogP contribution in [0.3, 0.4) is 0 Å². The summed E-state index contributed by atoms with van der Waals surface area (Å²) in [6.07, 6.45) is 4.31. The number of nitrogens with one attached hydrogen (secondary N) is 2. The van der Waals surface area contributed by atoms with Crippen molar-refractivity contribution in [2.24, 2.45) is 11.8 Å². The number of imide groups is 1. The van der Waals surface area contributed by atoms with Gasteiger partial charge in [0.05, 0.1) is 12.2 Å². The molecule has 2 heterocycles. The fourth-order valence-corrected chi connectivity index (χ4v) is 4.69. The normalized spacial score (nSPS) is 21.5. The van der Waals surface area contributed by atoms with Crippen molar-refractivity contribution in [3.05, 3.63) is 22.5 Å². The number of amides is 3. The molecule has 7 heteroatoms. The molecule has 0 radical (unpaired) electrons. The highest BCUT2D eigenvalue weighted by Crippen LogP contribution is 2.54. The molecule has 1 aromatic rings. The average molecular weight is 371 g/mol. The van der Waals surface area contributed by atoms with Gasteiger partial charge >= 0.3 is 6.03 Å². The van der Waals surface area contributed by atoms with Crippen molar-refractivity contribution in [2.45, 2.75) is 58.4 Å². The molecule has 1 aromatic heterocycles. The molecule has 3 aliphatic rings. The largest absolute Gasteiger partial charge is 0.355 e. The summed E-state index contributed by atoms with van der Waals surface area (Å²) in [6, 6.07) is -0.472. The maximum atomic E-state index is 13.1. The fraction of sp³-hybridized carbons (Fsp3) is 0.600. The third-order valence-electron chi connectivity index (χ3n) is 6.18. The Bertz CT molecular complexity index is 849. The number of carbonyl (C=O) groups excluding carboxylic acids is 4. The molecule has 0 aromatic carbocycles. The van der Waals surface area contributed by atoms with Gasteiger partial charge in [0.1, 0.15) is 5.54 Å². The zero-order chi connectivity index (χ0) is 19.5. The number of hydrogen-bond acceptors (Lipinski definition) is 4. The molecule has 0 unspecified atom stereocenters. The van der Waals surface area contributed by atoms with Gasteiger partial charge in [0.15, 0.2) is 11.6 Å². The number of H-pyrrole nitrogens is 1. The van der Waals surface area contributed by atoms with E-state index >= 15 is 0 Å². The maximum absolute atomic E-state index is 13.1. The summed E-state index contributed by atoms with van der Waals surface area (Å²) < 4.78 is 0. The first-order valence-electron chi connectivity index (χ1n) is 9.70. The van der Waals surface area contributed by atoms with Crippen LogP contribution in [-0.4, -0.2) is 45.5 Å². The van der Waals surface area contributed by atoms with E-state index in [-0.39, 0.29) is 35.9 Å². The van der Waals surface area contributed by atoms with Gasteiger partial charge in [-0.25, -0.2) is 4.79 Å². The molecule has 144 valence electrons. The van der Waals surface area contributed by atoms with Crippen LogP contribution in [0.5, 0.6) is 0 Å². The van der Waals surface area contributed by atoms with Crippen LogP contribution in [0, 0.1) is 18.8 Å². The second kappa shape index (κ2) is 6.04. The predicted octanol–water partition coefficient (Wildman–Crippen LogP) is 2.38. The first-order chi connectivity index (χ1) is 12.8. The summed E-state index contributed by atoms with van der Waals surface area (Å²) in [5.41, 5.74) is 1.37. The number of hydrogen-bond donors (Lipinski definition) is 2. The van der Waals surface area contributed by atoms with Gasteiger partial charge < -0.3 is 10.3 Å². The van der Waals surface area contributed by atoms with Crippen molar-refractivity contribution in [3.8, 4) is 0 Å². The third-order valence-corrected chi connectivity index (χ3v) is 6.18. The van der Waals surface area contributed by atoms with Crippen LogP contribution in [-0.2, 0) is 11.2 Å². The van der Waals surface area contributed by atoms with Crippen molar-refractivity contribution >= 4 is 23.5 Å². The van der Waals surface area contributed by atoms with E-state index in [1.807, 2.05) is 6.92 Å². The number of aromatic nitrogens is 1. The summed E-state index contributed by atoms with van der Waals surface area (Å²) in [6.45, 7) is 4.81. The van der Waals surface area contributed by atoms with Gasteiger partial charge in [-0.2, -0.15) is 0 Å². The first-order valence-corrected chi connectivity index (χ1v) is 9.70. The molecule has 27 heavy (non-hydrogen) atoms. The lowest BCUT2D eigenvalue weighted by molar-refractivity contribution is -0.132. The van der Waals surface area contributed by atoms with E-state index in [0.717, 1.165) is 30.6 Å². The van der Waals surface area contributed by atoms with Gasteiger partial charge in [0.2, 0.25) is 0 Å². The number of rotatable bonds is 7. The summed E-state index contributed by atoms with van der Waals surface area (Å²) >= 11 is 0. The van der Waals surface area contributed by atoms with Crippen LogP contribution in [0.4, 0.5) is 4.79 Å². The van der Waals surface area contributed by atoms with Crippen molar-refractivity contribution in [1.82, 2.24) is 15.2 Å². The second-order valence-electron chi connectivity index (χ2n) is 8.05. The Balaban J connectivity index is 1.60. The summed E-state index contributed by atoms with van der Waals surface area (Å²) in [5, 5.41) is 2.93. The smallest absolute Gasteiger partial charge is 0.325 e. The summed E-state index contributed by atoms with van der Waals surface area (Å²) in [7, 11) is 0. The highest BCUT2D eigenvalue weighted by atomic mass is 16.2. The Morgan fingerprint density at radius 3 is 2.22 bits per heavy atom. The molecule has 0 atom stereocenters. The SMILES string of the molecule is CCc1c(C(=O)CN2C(=O)NC(C3CC3)(C3CC3)C2=O)[nH]c(C)c1C(C)=O. The second-order valence-corrected chi connectivity index (χ2v) is 8.05. The van der Waals surface area contributed by atoms with Gasteiger partial charge in [0, 0.05) is 11.3 Å². The van der Waals surface area contributed by atoms with E-state index in [0.29, 0.717) is 28.9 Å². The van der Waals surface area contributed by atoms with Crippen molar-refractivity contribution in [2.75, 3.05) is 6.54 Å². The predicted molar refractivity (Wildman–Crippen MR) is 97.7 cm³/mol. The van der Waals surface area contributed by atoms with Gasteiger partial charge in [-0.05, 0) is 63.4 Å². The van der Waals surface area contributed by atoms with E-state index in [1.54, 1.807) is 6.92 Å². The zero-order valence-corrected chi connectivity index (χ0v) is 16.0. The standard InChI is InChI=1S/C20H25N3O4/c1-4-14-16(11(3)24)10(2)21-17(14)15(25)9-23-18(26)20(12-5-6-12,13-7-8-13)22-19(23)27/h12-13,21H,4-9H2,1-3H3,(H,22,27). The van der Waals surface area contributed by atoms with Crippen LogP contribution >= 0.6 is 0 Å². The quantitative estimate of drug-likeness (QED) is 0.568. The fourth-order valence-electron chi connectivity index (χ4n) is 4.69. The van der Waals surface area contributed by atoms with Gasteiger partial charge in [-0.3, -0.25) is 19.3 Å². The molecule has 2 aliphatic carbocycles. The van der Waals surface area contributed by atoms with Gasteiger partial charge in [-0.15, -0.1) is 0 Å². The molecular weight excluding hydrogens is 346 g/mol.